The number of hydrogen-bond acceptors (Lipinski definition) is 4. The SMILES string of the molecule is CNC(c1cncc(OC)c1)C1(N(C)C)CCCCCC1. The maximum Gasteiger partial charge on any atom is 0.137 e. The Morgan fingerprint density at radius 3 is 2.38 bits per heavy atom. The lowest BCUT2D eigenvalue weighted by molar-refractivity contribution is 0.0832. The highest BCUT2D eigenvalue weighted by Crippen LogP contribution is 2.41. The molecule has 21 heavy (non-hydrogen) atoms. The van der Waals surface area contributed by atoms with E-state index in [1.165, 1.54) is 44.1 Å². The molecular weight excluding hydrogens is 262 g/mol. The third kappa shape index (κ3) is 3.38. The Hall–Kier alpha value is -1.13. The highest BCUT2D eigenvalue weighted by molar-refractivity contribution is 5.28. The largest absolute Gasteiger partial charge is 0.495 e. The van der Waals surface area contributed by atoms with Crippen molar-refractivity contribution in [3.05, 3.63) is 24.0 Å². The zero-order valence-corrected chi connectivity index (χ0v) is 13.9. The van der Waals surface area contributed by atoms with Gasteiger partial charge in [-0.3, -0.25) is 4.98 Å². The number of aromatic nitrogens is 1. The van der Waals surface area contributed by atoms with E-state index in [0.29, 0.717) is 0 Å². The zero-order valence-electron chi connectivity index (χ0n) is 13.9. The van der Waals surface area contributed by atoms with Crippen LogP contribution >= 0.6 is 0 Å². The summed E-state index contributed by atoms with van der Waals surface area (Å²) in [5.74, 6) is 0.829. The van der Waals surface area contributed by atoms with E-state index in [1.54, 1.807) is 13.3 Å². The van der Waals surface area contributed by atoms with Crippen LogP contribution in [0.1, 0.15) is 50.1 Å². The van der Waals surface area contributed by atoms with Gasteiger partial charge in [0.2, 0.25) is 0 Å². The lowest BCUT2D eigenvalue weighted by Crippen LogP contribution is -2.53. The first-order chi connectivity index (χ1) is 10.1. The van der Waals surface area contributed by atoms with Crippen LogP contribution < -0.4 is 10.1 Å². The van der Waals surface area contributed by atoms with E-state index in [2.05, 4.69) is 42.4 Å². The number of hydrogen-bond donors (Lipinski definition) is 1. The summed E-state index contributed by atoms with van der Waals surface area (Å²) in [5, 5.41) is 3.55. The molecule has 0 radical (unpaired) electrons. The molecule has 4 nitrogen and oxygen atoms in total. The molecule has 0 spiro atoms. The quantitative estimate of drug-likeness (QED) is 0.846. The first-order valence-electron chi connectivity index (χ1n) is 7.97. The third-order valence-electron chi connectivity index (χ3n) is 4.99. The molecule has 1 aromatic heterocycles. The van der Waals surface area contributed by atoms with Gasteiger partial charge in [-0.2, -0.15) is 0 Å². The monoisotopic (exact) mass is 291 g/mol. The fourth-order valence-electron chi connectivity index (χ4n) is 3.79. The van der Waals surface area contributed by atoms with Crippen molar-refractivity contribution in [1.82, 2.24) is 15.2 Å². The summed E-state index contributed by atoms with van der Waals surface area (Å²) < 4.78 is 5.35. The Bertz CT molecular complexity index is 439. The number of nitrogens with zero attached hydrogens (tertiary/aromatic N) is 2. The predicted octanol–water partition coefficient (Wildman–Crippen LogP) is 3.01. The van der Waals surface area contributed by atoms with Gasteiger partial charge in [0.15, 0.2) is 0 Å². The zero-order chi connectivity index (χ0) is 15.3. The van der Waals surface area contributed by atoms with Gasteiger partial charge in [0.1, 0.15) is 5.75 Å². The van der Waals surface area contributed by atoms with Gasteiger partial charge in [-0.05, 0) is 45.6 Å². The van der Waals surface area contributed by atoms with Crippen LogP contribution in [0.4, 0.5) is 0 Å². The van der Waals surface area contributed by atoms with Crippen LogP contribution in [-0.4, -0.2) is 43.7 Å². The molecule has 0 bridgehead atoms. The average Bonchev–Trinajstić information content (AvgIpc) is 2.75. The Morgan fingerprint density at radius 1 is 1.19 bits per heavy atom. The van der Waals surface area contributed by atoms with Gasteiger partial charge >= 0.3 is 0 Å². The molecule has 0 amide bonds. The van der Waals surface area contributed by atoms with Crippen LogP contribution in [-0.2, 0) is 0 Å². The van der Waals surface area contributed by atoms with E-state index in [4.69, 9.17) is 4.74 Å². The van der Waals surface area contributed by atoms with Gasteiger partial charge in [-0.15, -0.1) is 0 Å². The Labute approximate surface area is 128 Å². The van der Waals surface area contributed by atoms with Crippen LogP contribution in [0.3, 0.4) is 0 Å². The molecule has 1 fully saturated rings. The molecule has 1 heterocycles. The number of likely N-dealkylation sites (N-methyl/N-ethyl adjacent to an activating group) is 2. The maximum atomic E-state index is 5.35. The minimum Gasteiger partial charge on any atom is -0.495 e. The number of methoxy groups -OCH3 is 1. The summed E-state index contributed by atoms with van der Waals surface area (Å²) in [5.41, 5.74) is 1.37. The summed E-state index contributed by atoms with van der Waals surface area (Å²) in [6.45, 7) is 0. The normalized spacial score (nSPS) is 20.0. The maximum absolute atomic E-state index is 5.35. The summed E-state index contributed by atoms with van der Waals surface area (Å²) >= 11 is 0. The van der Waals surface area contributed by atoms with Crippen molar-refractivity contribution in [1.29, 1.82) is 0 Å². The molecule has 1 N–H and O–H groups in total. The van der Waals surface area contributed by atoms with E-state index in [-0.39, 0.29) is 11.6 Å². The molecule has 2 rings (SSSR count). The van der Waals surface area contributed by atoms with Gasteiger partial charge in [0.25, 0.3) is 0 Å². The van der Waals surface area contributed by atoms with Gasteiger partial charge in [0, 0.05) is 11.7 Å². The number of nitrogens with one attached hydrogen (secondary N) is 1. The number of ether oxygens (including phenoxy) is 1. The summed E-state index contributed by atoms with van der Waals surface area (Å²) in [6.07, 6.45) is 11.5. The minimum atomic E-state index is 0.152. The van der Waals surface area contributed by atoms with Crippen molar-refractivity contribution in [2.75, 3.05) is 28.3 Å². The molecule has 0 aliphatic heterocycles. The van der Waals surface area contributed by atoms with E-state index in [1.807, 2.05) is 6.20 Å². The van der Waals surface area contributed by atoms with Crippen molar-refractivity contribution >= 4 is 0 Å². The highest BCUT2D eigenvalue weighted by Gasteiger charge is 2.41. The van der Waals surface area contributed by atoms with Crippen LogP contribution in [0, 0.1) is 0 Å². The highest BCUT2D eigenvalue weighted by atomic mass is 16.5. The molecule has 1 saturated carbocycles. The molecule has 118 valence electrons. The molecule has 1 aliphatic carbocycles. The minimum absolute atomic E-state index is 0.152. The van der Waals surface area contributed by atoms with Crippen molar-refractivity contribution < 1.29 is 4.74 Å². The van der Waals surface area contributed by atoms with E-state index in [9.17, 15) is 0 Å². The summed E-state index contributed by atoms with van der Waals surface area (Å²) in [6, 6.07) is 2.39. The number of rotatable bonds is 5. The third-order valence-corrected chi connectivity index (χ3v) is 4.99. The molecule has 1 unspecified atom stereocenters. The van der Waals surface area contributed by atoms with E-state index in [0.717, 1.165) is 5.75 Å². The molecule has 1 atom stereocenters. The van der Waals surface area contributed by atoms with Crippen molar-refractivity contribution in [2.24, 2.45) is 0 Å². The van der Waals surface area contributed by atoms with Crippen molar-refractivity contribution in [3.8, 4) is 5.75 Å². The van der Waals surface area contributed by atoms with Gasteiger partial charge < -0.3 is 15.0 Å². The van der Waals surface area contributed by atoms with Crippen LogP contribution in [0.15, 0.2) is 18.5 Å². The molecule has 0 aromatic carbocycles. The number of pyridine rings is 1. The molecular formula is C17H29N3O. The van der Waals surface area contributed by atoms with E-state index >= 15 is 0 Å². The van der Waals surface area contributed by atoms with Crippen molar-refractivity contribution in [2.45, 2.75) is 50.1 Å². The average molecular weight is 291 g/mol. The molecule has 1 aliphatic rings. The van der Waals surface area contributed by atoms with Gasteiger partial charge in [0.05, 0.1) is 19.3 Å². The van der Waals surface area contributed by atoms with Gasteiger partial charge in [-0.1, -0.05) is 25.7 Å². The van der Waals surface area contributed by atoms with Crippen LogP contribution in [0.25, 0.3) is 0 Å². The summed E-state index contributed by atoms with van der Waals surface area (Å²) in [4.78, 5) is 6.77. The standard InChI is InChI=1S/C17H29N3O/c1-18-16(14-11-15(21-4)13-19-12-14)17(20(2)3)9-7-5-6-8-10-17/h11-13,16,18H,5-10H2,1-4H3. The smallest absolute Gasteiger partial charge is 0.137 e. The van der Waals surface area contributed by atoms with Gasteiger partial charge in [-0.25, -0.2) is 0 Å². The topological polar surface area (TPSA) is 37.4 Å². The lowest BCUT2D eigenvalue weighted by atomic mass is 9.78. The predicted molar refractivity (Wildman–Crippen MR) is 86.7 cm³/mol. The second-order valence-electron chi connectivity index (χ2n) is 6.29. The Balaban J connectivity index is 2.38. The molecule has 4 heteroatoms. The van der Waals surface area contributed by atoms with Crippen molar-refractivity contribution in [3.63, 3.8) is 0 Å². The Morgan fingerprint density at radius 2 is 1.86 bits per heavy atom. The molecule has 0 saturated heterocycles. The first-order valence-corrected chi connectivity index (χ1v) is 7.97. The Kier molecular flexibility index (Phi) is 5.59. The first kappa shape index (κ1) is 16.2. The second-order valence-corrected chi connectivity index (χ2v) is 6.29. The summed E-state index contributed by atoms with van der Waals surface area (Å²) in [7, 11) is 8.18. The van der Waals surface area contributed by atoms with Crippen LogP contribution in [0.5, 0.6) is 5.75 Å². The molecule has 1 aromatic rings. The fourth-order valence-corrected chi connectivity index (χ4v) is 3.79. The van der Waals surface area contributed by atoms with Crippen LogP contribution in [0.2, 0.25) is 0 Å². The second kappa shape index (κ2) is 7.23. The van der Waals surface area contributed by atoms with E-state index < -0.39 is 0 Å². The fraction of sp³-hybridized carbons (Fsp3) is 0.706. The lowest BCUT2D eigenvalue weighted by Gasteiger charge is -2.46.